The summed E-state index contributed by atoms with van der Waals surface area (Å²) in [5.74, 6) is -0.270. The van der Waals surface area contributed by atoms with Crippen molar-refractivity contribution < 1.29 is 9.50 Å². The van der Waals surface area contributed by atoms with Crippen molar-refractivity contribution >= 4 is 33.0 Å². The van der Waals surface area contributed by atoms with E-state index in [2.05, 4.69) is 21.2 Å². The number of thiophene rings is 1. The van der Waals surface area contributed by atoms with Crippen molar-refractivity contribution in [2.75, 3.05) is 11.9 Å². The summed E-state index contributed by atoms with van der Waals surface area (Å²) in [6, 6.07) is 7.84. The molecule has 1 aromatic carbocycles. The van der Waals surface area contributed by atoms with E-state index in [1.807, 2.05) is 11.4 Å². The van der Waals surface area contributed by atoms with Crippen molar-refractivity contribution in [3.05, 3.63) is 50.9 Å². The van der Waals surface area contributed by atoms with Crippen LogP contribution in [0.1, 0.15) is 10.9 Å². The third-order valence-corrected chi connectivity index (χ3v) is 4.31. The number of aliphatic hydroxyl groups excluding tert-OH is 1. The van der Waals surface area contributed by atoms with Gasteiger partial charge in [0.15, 0.2) is 0 Å². The number of halogens is 2. The van der Waals surface area contributed by atoms with Gasteiger partial charge < -0.3 is 10.4 Å². The Labute approximate surface area is 111 Å². The summed E-state index contributed by atoms with van der Waals surface area (Å²) in [6.07, 6.45) is 0. The maximum Gasteiger partial charge on any atom is 0.123 e. The topological polar surface area (TPSA) is 32.3 Å². The van der Waals surface area contributed by atoms with E-state index in [4.69, 9.17) is 0 Å². The summed E-state index contributed by atoms with van der Waals surface area (Å²) in [5.41, 5.74) is 0.783. The highest BCUT2D eigenvalue weighted by Gasteiger charge is 2.14. The van der Waals surface area contributed by atoms with Crippen LogP contribution in [-0.2, 0) is 0 Å². The van der Waals surface area contributed by atoms with E-state index in [0.717, 1.165) is 15.0 Å². The van der Waals surface area contributed by atoms with E-state index < -0.39 is 0 Å². The predicted octanol–water partition coefficient (Wildman–Crippen LogP) is 3.80. The molecule has 1 atom stereocenters. The highest BCUT2D eigenvalue weighted by Crippen LogP contribution is 2.31. The molecule has 0 bridgehead atoms. The van der Waals surface area contributed by atoms with E-state index >= 15 is 0 Å². The second kappa shape index (κ2) is 5.62. The summed E-state index contributed by atoms with van der Waals surface area (Å²) in [7, 11) is 0. The number of benzene rings is 1. The molecular formula is C12H11BrFNOS. The first-order chi connectivity index (χ1) is 8.20. The van der Waals surface area contributed by atoms with Gasteiger partial charge in [0.05, 0.1) is 12.6 Å². The summed E-state index contributed by atoms with van der Waals surface area (Å²) >= 11 is 4.99. The second-order valence-electron chi connectivity index (χ2n) is 3.52. The molecule has 1 unspecified atom stereocenters. The Morgan fingerprint density at radius 2 is 2.00 bits per heavy atom. The molecule has 0 spiro atoms. The van der Waals surface area contributed by atoms with Gasteiger partial charge in [0.25, 0.3) is 0 Å². The fourth-order valence-corrected chi connectivity index (χ4v) is 3.19. The minimum atomic E-state index is -0.270. The molecule has 2 rings (SSSR count). The third kappa shape index (κ3) is 3.06. The van der Waals surface area contributed by atoms with E-state index in [0.29, 0.717) is 0 Å². The van der Waals surface area contributed by atoms with E-state index in [-0.39, 0.29) is 18.5 Å². The maximum absolute atomic E-state index is 12.8. The lowest BCUT2D eigenvalue weighted by Gasteiger charge is -2.16. The Morgan fingerprint density at radius 1 is 1.29 bits per heavy atom. The highest BCUT2D eigenvalue weighted by molar-refractivity contribution is 9.10. The average molecular weight is 316 g/mol. The molecule has 17 heavy (non-hydrogen) atoms. The van der Waals surface area contributed by atoms with Gasteiger partial charge in [-0.25, -0.2) is 4.39 Å². The Hall–Kier alpha value is -0.910. The van der Waals surface area contributed by atoms with Crippen LogP contribution in [0.15, 0.2) is 40.2 Å². The first-order valence-corrected chi connectivity index (χ1v) is 6.74. The zero-order chi connectivity index (χ0) is 12.3. The van der Waals surface area contributed by atoms with E-state index in [1.165, 1.54) is 12.1 Å². The first-order valence-electron chi connectivity index (χ1n) is 5.06. The molecule has 2 nitrogen and oxygen atoms in total. The minimum Gasteiger partial charge on any atom is -0.394 e. The van der Waals surface area contributed by atoms with Crippen LogP contribution in [0.3, 0.4) is 0 Å². The van der Waals surface area contributed by atoms with Gasteiger partial charge in [-0.2, -0.15) is 0 Å². The lowest BCUT2D eigenvalue weighted by atomic mass is 10.2. The van der Waals surface area contributed by atoms with Crippen LogP contribution in [0.2, 0.25) is 0 Å². The minimum absolute atomic E-state index is 0.0174. The summed E-state index contributed by atoms with van der Waals surface area (Å²) in [4.78, 5) is 1.02. The standard InChI is InChI=1S/C12H11BrFNOS/c13-10-5-6-17-12(10)11(7-16)15-9-3-1-8(14)2-4-9/h1-6,11,15-16H,7H2. The van der Waals surface area contributed by atoms with Crippen molar-refractivity contribution in [1.29, 1.82) is 0 Å². The van der Waals surface area contributed by atoms with Crippen LogP contribution in [0.5, 0.6) is 0 Å². The van der Waals surface area contributed by atoms with Crippen molar-refractivity contribution in [2.24, 2.45) is 0 Å². The van der Waals surface area contributed by atoms with Crippen molar-refractivity contribution in [1.82, 2.24) is 0 Å². The molecule has 1 aromatic heterocycles. The Balaban J connectivity index is 2.16. The number of hydrogen-bond acceptors (Lipinski definition) is 3. The number of aliphatic hydroxyl groups is 1. The number of anilines is 1. The Bertz CT molecular complexity index is 486. The van der Waals surface area contributed by atoms with Crippen LogP contribution < -0.4 is 5.32 Å². The molecule has 2 aromatic rings. The first kappa shape index (κ1) is 12.5. The summed E-state index contributed by atoms with van der Waals surface area (Å²) in [6.45, 7) is -0.0174. The van der Waals surface area contributed by atoms with Crippen molar-refractivity contribution in [2.45, 2.75) is 6.04 Å². The number of nitrogens with one attached hydrogen (secondary N) is 1. The highest BCUT2D eigenvalue weighted by atomic mass is 79.9. The summed E-state index contributed by atoms with van der Waals surface area (Å²) < 4.78 is 13.7. The molecule has 0 aliphatic heterocycles. The monoisotopic (exact) mass is 315 g/mol. The fraction of sp³-hybridized carbons (Fsp3) is 0.167. The van der Waals surface area contributed by atoms with Gasteiger partial charge in [0, 0.05) is 15.0 Å². The molecular weight excluding hydrogens is 305 g/mol. The molecule has 90 valence electrons. The molecule has 2 N–H and O–H groups in total. The van der Waals surface area contributed by atoms with Crippen LogP contribution in [0.25, 0.3) is 0 Å². The van der Waals surface area contributed by atoms with Gasteiger partial charge in [-0.05, 0) is 51.6 Å². The van der Waals surface area contributed by atoms with Crippen LogP contribution >= 0.6 is 27.3 Å². The molecule has 0 amide bonds. The largest absolute Gasteiger partial charge is 0.394 e. The number of rotatable bonds is 4. The smallest absolute Gasteiger partial charge is 0.123 e. The quantitative estimate of drug-likeness (QED) is 0.899. The molecule has 0 radical (unpaired) electrons. The third-order valence-electron chi connectivity index (χ3n) is 2.33. The van der Waals surface area contributed by atoms with Gasteiger partial charge in [-0.3, -0.25) is 0 Å². The van der Waals surface area contributed by atoms with Crippen LogP contribution in [0.4, 0.5) is 10.1 Å². The van der Waals surface area contributed by atoms with Gasteiger partial charge in [-0.1, -0.05) is 0 Å². The maximum atomic E-state index is 12.8. The fourth-order valence-electron chi connectivity index (χ4n) is 1.50. The predicted molar refractivity (Wildman–Crippen MR) is 71.9 cm³/mol. The zero-order valence-corrected chi connectivity index (χ0v) is 11.3. The zero-order valence-electron chi connectivity index (χ0n) is 8.86. The molecule has 0 fully saturated rings. The van der Waals surface area contributed by atoms with Gasteiger partial charge in [0.1, 0.15) is 5.82 Å². The van der Waals surface area contributed by atoms with Gasteiger partial charge in [-0.15, -0.1) is 11.3 Å². The van der Waals surface area contributed by atoms with Crippen molar-refractivity contribution in [3.63, 3.8) is 0 Å². The molecule has 5 heteroatoms. The Morgan fingerprint density at radius 3 is 2.53 bits per heavy atom. The molecule has 0 saturated heterocycles. The van der Waals surface area contributed by atoms with E-state index in [1.54, 1.807) is 23.5 Å². The van der Waals surface area contributed by atoms with Crippen LogP contribution in [0, 0.1) is 5.82 Å². The lowest BCUT2D eigenvalue weighted by molar-refractivity contribution is 0.277. The molecule has 0 saturated carbocycles. The van der Waals surface area contributed by atoms with Gasteiger partial charge >= 0.3 is 0 Å². The molecule has 0 aliphatic carbocycles. The SMILES string of the molecule is OCC(Nc1ccc(F)cc1)c1sccc1Br. The number of hydrogen-bond donors (Lipinski definition) is 2. The average Bonchev–Trinajstić information content (AvgIpc) is 2.75. The Kier molecular flexibility index (Phi) is 4.15. The normalized spacial score (nSPS) is 12.4. The van der Waals surface area contributed by atoms with Crippen molar-refractivity contribution in [3.8, 4) is 0 Å². The lowest BCUT2D eigenvalue weighted by Crippen LogP contribution is -2.13. The molecule has 1 heterocycles. The van der Waals surface area contributed by atoms with E-state index in [9.17, 15) is 9.50 Å². The summed E-state index contributed by atoms with van der Waals surface area (Å²) in [5, 5.41) is 14.5. The van der Waals surface area contributed by atoms with Gasteiger partial charge in [0.2, 0.25) is 0 Å². The second-order valence-corrected chi connectivity index (χ2v) is 5.32. The molecule has 0 aliphatic rings. The van der Waals surface area contributed by atoms with Crippen LogP contribution in [-0.4, -0.2) is 11.7 Å².